The molecule has 0 radical (unpaired) electrons. The first-order valence-electron chi connectivity index (χ1n) is 12.2. The van der Waals surface area contributed by atoms with Gasteiger partial charge in [-0.2, -0.15) is 0 Å². The zero-order chi connectivity index (χ0) is 25.9. The molecule has 4 aromatic heterocycles. The largest absolute Gasteiger partial charge is 0.336 e. The Balaban J connectivity index is 1.56. The molecule has 0 fully saturated rings. The van der Waals surface area contributed by atoms with Crippen molar-refractivity contribution in [2.75, 3.05) is 0 Å². The Morgan fingerprint density at radius 2 is 1.86 bits per heavy atom. The van der Waals surface area contributed by atoms with Gasteiger partial charge >= 0.3 is 5.69 Å². The number of tetrazole rings is 1. The van der Waals surface area contributed by atoms with E-state index in [1.165, 1.54) is 6.92 Å². The van der Waals surface area contributed by atoms with E-state index in [0.717, 1.165) is 47.2 Å². The van der Waals surface area contributed by atoms with Crippen LogP contribution in [-0.4, -0.2) is 45.1 Å². The van der Waals surface area contributed by atoms with Crippen LogP contribution in [0.2, 0.25) is 0 Å². The van der Waals surface area contributed by atoms with E-state index >= 15 is 0 Å². The number of aryl methyl sites for hydroxylation is 2. The van der Waals surface area contributed by atoms with Gasteiger partial charge in [0.1, 0.15) is 5.82 Å². The molecule has 0 aliphatic carbocycles. The highest BCUT2D eigenvalue weighted by molar-refractivity contribution is 5.97. The third kappa shape index (κ3) is 4.65. The maximum absolute atomic E-state index is 13.8. The van der Waals surface area contributed by atoms with Crippen molar-refractivity contribution in [2.24, 2.45) is 7.05 Å². The van der Waals surface area contributed by atoms with E-state index in [2.05, 4.69) is 32.5 Å². The van der Waals surface area contributed by atoms with Crippen LogP contribution in [0.1, 0.15) is 48.3 Å². The number of benzene rings is 1. The lowest BCUT2D eigenvalue weighted by atomic mass is 10.00. The van der Waals surface area contributed by atoms with Gasteiger partial charge in [0, 0.05) is 43.1 Å². The molecule has 0 atom stereocenters. The second-order valence-corrected chi connectivity index (χ2v) is 9.04. The normalized spacial score (nSPS) is 11.2. The van der Waals surface area contributed by atoms with Gasteiger partial charge in [-0.3, -0.25) is 18.9 Å². The van der Waals surface area contributed by atoms with E-state index in [-0.39, 0.29) is 11.5 Å². The van der Waals surface area contributed by atoms with Crippen molar-refractivity contribution >= 4 is 5.78 Å². The highest BCUT2D eigenvalue weighted by Crippen LogP contribution is 2.26. The van der Waals surface area contributed by atoms with Gasteiger partial charge in [-0.25, -0.2) is 9.89 Å². The molecule has 188 valence electrons. The van der Waals surface area contributed by atoms with Gasteiger partial charge in [-0.15, -0.1) is 5.10 Å². The number of Topliss-reactive ketones (excluding diaryl/α,β-unsaturated/α-hetero) is 1. The molecule has 1 N–H and O–H groups in total. The summed E-state index contributed by atoms with van der Waals surface area (Å²) in [6.45, 7) is 4.01. The second-order valence-electron chi connectivity index (χ2n) is 9.04. The van der Waals surface area contributed by atoms with Gasteiger partial charge in [-0.1, -0.05) is 37.6 Å². The topological polar surface area (TPSA) is 116 Å². The average Bonchev–Trinajstić information content (AvgIpc) is 3.64. The number of H-pyrrole nitrogens is 1. The summed E-state index contributed by atoms with van der Waals surface area (Å²) in [6, 6.07) is 11.6. The number of imidazole rings is 1. The Morgan fingerprint density at radius 3 is 2.57 bits per heavy atom. The zero-order valence-corrected chi connectivity index (χ0v) is 21.0. The summed E-state index contributed by atoms with van der Waals surface area (Å²) in [5.41, 5.74) is 5.05. The van der Waals surface area contributed by atoms with Crippen LogP contribution in [0.3, 0.4) is 0 Å². The van der Waals surface area contributed by atoms with Crippen molar-refractivity contribution in [1.29, 1.82) is 0 Å². The van der Waals surface area contributed by atoms with Crippen LogP contribution >= 0.6 is 0 Å². The molecule has 0 aliphatic heterocycles. The third-order valence-corrected chi connectivity index (χ3v) is 6.54. The van der Waals surface area contributed by atoms with Gasteiger partial charge in [0.25, 0.3) is 0 Å². The maximum atomic E-state index is 13.8. The lowest BCUT2D eigenvalue weighted by molar-refractivity contribution is 0.101. The minimum Gasteiger partial charge on any atom is -0.336 e. The Hall–Kier alpha value is -4.60. The molecule has 37 heavy (non-hydrogen) atoms. The number of nitrogens with one attached hydrogen (secondary N) is 1. The van der Waals surface area contributed by atoms with Crippen molar-refractivity contribution in [3.63, 3.8) is 0 Å². The van der Waals surface area contributed by atoms with Gasteiger partial charge in [0.2, 0.25) is 0 Å². The van der Waals surface area contributed by atoms with Gasteiger partial charge in [0.15, 0.2) is 11.6 Å². The van der Waals surface area contributed by atoms with Crippen molar-refractivity contribution in [3.05, 3.63) is 88.5 Å². The predicted octanol–water partition coefficient (Wildman–Crippen LogP) is 3.81. The number of hydrogen-bond acceptors (Lipinski definition) is 6. The van der Waals surface area contributed by atoms with Crippen LogP contribution in [0.25, 0.3) is 28.3 Å². The third-order valence-electron chi connectivity index (χ3n) is 6.54. The summed E-state index contributed by atoms with van der Waals surface area (Å²) in [4.78, 5) is 30.4. The smallest absolute Gasteiger partial charge is 0.334 e. The first kappa shape index (κ1) is 24.1. The van der Waals surface area contributed by atoms with E-state index in [1.807, 2.05) is 48.1 Å². The highest BCUT2D eigenvalue weighted by atomic mass is 16.2. The molecule has 0 unspecified atom stereocenters. The molecular formula is C27H28N8O2. The van der Waals surface area contributed by atoms with Crippen LogP contribution in [0.5, 0.6) is 0 Å². The summed E-state index contributed by atoms with van der Waals surface area (Å²) in [5, 5.41) is 14.0. The number of ketones is 1. The Labute approximate surface area is 213 Å². The summed E-state index contributed by atoms with van der Waals surface area (Å²) in [5.74, 6) is 1.10. The number of unbranched alkanes of at least 4 members (excludes halogenated alkanes) is 1. The monoisotopic (exact) mass is 496 g/mol. The number of nitrogens with zero attached hydrogens (tertiary/aromatic N) is 7. The molecule has 5 aromatic rings. The average molecular weight is 497 g/mol. The summed E-state index contributed by atoms with van der Waals surface area (Å²) in [7, 11) is 1.84. The summed E-state index contributed by atoms with van der Waals surface area (Å²) in [6.07, 6.45) is 9.95. The van der Waals surface area contributed by atoms with E-state index in [9.17, 15) is 9.59 Å². The molecule has 4 heterocycles. The molecule has 1 aromatic carbocycles. The van der Waals surface area contributed by atoms with Crippen LogP contribution in [-0.2, 0) is 20.0 Å². The van der Waals surface area contributed by atoms with Crippen LogP contribution < -0.4 is 5.69 Å². The molecule has 0 saturated carbocycles. The molecule has 10 heteroatoms. The molecule has 0 saturated heterocycles. The number of aromatic nitrogens is 8. The van der Waals surface area contributed by atoms with Crippen LogP contribution in [0, 0.1) is 0 Å². The van der Waals surface area contributed by atoms with Crippen molar-refractivity contribution in [3.8, 4) is 28.3 Å². The first-order valence-corrected chi connectivity index (χ1v) is 12.2. The Bertz CT molecular complexity index is 1590. The molecular weight excluding hydrogens is 468 g/mol. The Kier molecular flexibility index (Phi) is 6.63. The molecule has 0 aliphatic rings. The number of carbonyl (C=O) groups is 1. The summed E-state index contributed by atoms with van der Waals surface area (Å²) >= 11 is 0. The van der Waals surface area contributed by atoms with Crippen molar-refractivity contribution in [1.82, 2.24) is 39.3 Å². The number of carbonyl (C=O) groups excluding carboxylic acids is 1. The minimum atomic E-state index is -0.182. The maximum Gasteiger partial charge on any atom is 0.334 e. The number of aromatic amines is 1. The van der Waals surface area contributed by atoms with Gasteiger partial charge in [0.05, 0.1) is 12.1 Å². The SMILES string of the molecule is CCCCc1cn(-c2c(C(C)=O)ccn2C)c(=O)n1Cc1cnccc1-c1ccc(-c2nnn[nH]2)cc1. The number of rotatable bonds is 9. The van der Waals surface area contributed by atoms with E-state index < -0.39 is 0 Å². The van der Waals surface area contributed by atoms with Gasteiger partial charge in [-0.05, 0) is 59.0 Å². The first-order chi connectivity index (χ1) is 18.0. The number of pyridine rings is 1. The standard InChI is InChI=1S/C27H28N8O2/c1-4-5-6-22-17-35(26-23(18(2)36)12-14-33(26)3)27(37)34(22)16-21-15-28-13-11-24(21)19-7-9-20(10-8-19)25-29-31-32-30-25/h7-15,17H,4-6,16H2,1-3H3,(H,29,30,31,32). The second kappa shape index (κ2) is 10.2. The minimum absolute atomic E-state index is 0.0792. The predicted molar refractivity (Wildman–Crippen MR) is 140 cm³/mol. The zero-order valence-electron chi connectivity index (χ0n) is 21.0. The van der Waals surface area contributed by atoms with E-state index in [0.29, 0.717) is 23.8 Å². The van der Waals surface area contributed by atoms with Crippen molar-refractivity contribution < 1.29 is 4.79 Å². The fourth-order valence-electron chi connectivity index (χ4n) is 4.60. The summed E-state index contributed by atoms with van der Waals surface area (Å²) < 4.78 is 5.20. The van der Waals surface area contributed by atoms with Crippen LogP contribution in [0.15, 0.2) is 66.0 Å². The van der Waals surface area contributed by atoms with Gasteiger partial charge < -0.3 is 4.57 Å². The van der Waals surface area contributed by atoms with E-state index in [1.54, 1.807) is 33.8 Å². The molecule has 5 rings (SSSR count). The number of hydrogen-bond donors (Lipinski definition) is 1. The highest BCUT2D eigenvalue weighted by Gasteiger charge is 2.20. The fraction of sp³-hybridized carbons (Fsp3) is 0.259. The Morgan fingerprint density at radius 1 is 1.08 bits per heavy atom. The molecule has 0 amide bonds. The molecule has 0 spiro atoms. The lowest BCUT2D eigenvalue weighted by Gasteiger charge is -2.12. The fourth-order valence-corrected chi connectivity index (χ4v) is 4.60. The van der Waals surface area contributed by atoms with Crippen molar-refractivity contribution in [2.45, 2.75) is 39.7 Å². The van der Waals surface area contributed by atoms with Crippen LogP contribution in [0.4, 0.5) is 0 Å². The quantitative estimate of drug-likeness (QED) is 0.310. The van der Waals surface area contributed by atoms with E-state index in [4.69, 9.17) is 0 Å². The lowest BCUT2D eigenvalue weighted by Crippen LogP contribution is -2.26. The molecule has 0 bridgehead atoms. The molecule has 10 nitrogen and oxygen atoms in total.